The SMILES string of the molecule is CCN1c2cc(C)c(/C=C3\C(=O)NC(=O)N(c4ccc(C)c(C)c4)C3=O)cc2[C@@H](C)CC1(C)C. The summed E-state index contributed by atoms with van der Waals surface area (Å²) in [6.07, 6.45) is 2.64. The van der Waals surface area contributed by atoms with Gasteiger partial charge in [-0.15, -0.1) is 0 Å². The molecule has 4 rings (SSSR count). The van der Waals surface area contributed by atoms with Gasteiger partial charge in [-0.2, -0.15) is 0 Å². The van der Waals surface area contributed by atoms with Crippen molar-refractivity contribution in [3.05, 3.63) is 63.7 Å². The van der Waals surface area contributed by atoms with Gasteiger partial charge in [-0.1, -0.05) is 13.0 Å². The molecule has 0 aliphatic carbocycles. The molecule has 178 valence electrons. The minimum Gasteiger partial charge on any atom is -0.366 e. The minimum absolute atomic E-state index is 0.0444. The zero-order chi connectivity index (χ0) is 24.9. The molecule has 2 aliphatic rings. The molecular formula is C28H33N3O3. The van der Waals surface area contributed by atoms with Gasteiger partial charge in [0.2, 0.25) is 0 Å². The number of urea groups is 1. The highest BCUT2D eigenvalue weighted by molar-refractivity contribution is 6.39. The van der Waals surface area contributed by atoms with Gasteiger partial charge in [0.15, 0.2) is 0 Å². The number of hydrogen-bond donors (Lipinski definition) is 1. The van der Waals surface area contributed by atoms with Crippen LogP contribution in [0, 0.1) is 20.8 Å². The maximum Gasteiger partial charge on any atom is 0.335 e. The molecule has 0 spiro atoms. The maximum absolute atomic E-state index is 13.4. The van der Waals surface area contributed by atoms with Crippen molar-refractivity contribution in [2.45, 2.75) is 66.3 Å². The topological polar surface area (TPSA) is 69.7 Å². The van der Waals surface area contributed by atoms with Crippen molar-refractivity contribution in [2.75, 3.05) is 16.3 Å². The van der Waals surface area contributed by atoms with Crippen LogP contribution < -0.4 is 15.1 Å². The van der Waals surface area contributed by atoms with Crippen LogP contribution in [0.2, 0.25) is 0 Å². The first kappa shape index (κ1) is 23.7. The van der Waals surface area contributed by atoms with E-state index >= 15 is 0 Å². The van der Waals surface area contributed by atoms with Gasteiger partial charge in [0.25, 0.3) is 11.8 Å². The molecule has 0 saturated carbocycles. The third-order valence-corrected chi connectivity index (χ3v) is 7.24. The summed E-state index contributed by atoms with van der Waals surface area (Å²) in [6.45, 7) is 15.7. The third kappa shape index (κ3) is 3.91. The van der Waals surface area contributed by atoms with Crippen LogP contribution in [0.3, 0.4) is 0 Å². The fraction of sp³-hybridized carbons (Fsp3) is 0.393. The highest BCUT2D eigenvalue weighted by atomic mass is 16.2. The van der Waals surface area contributed by atoms with Crippen molar-refractivity contribution in [1.29, 1.82) is 0 Å². The van der Waals surface area contributed by atoms with Gasteiger partial charge in [0.05, 0.1) is 5.69 Å². The number of nitrogens with zero attached hydrogens (tertiary/aromatic N) is 2. The Bertz CT molecular complexity index is 1240. The Balaban J connectivity index is 1.78. The molecule has 2 aromatic rings. The Kier molecular flexibility index (Phi) is 5.88. The number of anilines is 2. The van der Waals surface area contributed by atoms with Gasteiger partial charge in [-0.05, 0) is 112 Å². The molecule has 0 unspecified atom stereocenters. The third-order valence-electron chi connectivity index (χ3n) is 7.24. The van der Waals surface area contributed by atoms with Crippen LogP contribution >= 0.6 is 0 Å². The van der Waals surface area contributed by atoms with Crippen LogP contribution in [0.15, 0.2) is 35.9 Å². The molecule has 6 heteroatoms. The van der Waals surface area contributed by atoms with Gasteiger partial charge in [-0.3, -0.25) is 14.9 Å². The van der Waals surface area contributed by atoms with Crippen LogP contribution in [0.4, 0.5) is 16.2 Å². The number of carbonyl (C=O) groups excluding carboxylic acids is 3. The number of fused-ring (bicyclic) bond motifs is 1. The first-order valence-corrected chi connectivity index (χ1v) is 11.9. The number of hydrogen-bond acceptors (Lipinski definition) is 4. The fourth-order valence-electron chi connectivity index (χ4n) is 5.32. The van der Waals surface area contributed by atoms with E-state index in [9.17, 15) is 14.4 Å². The molecule has 0 aromatic heterocycles. The Morgan fingerprint density at radius 3 is 2.38 bits per heavy atom. The van der Waals surface area contributed by atoms with E-state index < -0.39 is 17.8 Å². The minimum atomic E-state index is -0.730. The maximum atomic E-state index is 13.4. The van der Waals surface area contributed by atoms with Crippen LogP contribution in [-0.2, 0) is 9.59 Å². The van der Waals surface area contributed by atoms with Gasteiger partial charge in [-0.25, -0.2) is 9.69 Å². The monoisotopic (exact) mass is 459 g/mol. The zero-order valence-electron chi connectivity index (χ0n) is 21.1. The second-order valence-corrected chi connectivity index (χ2v) is 10.2. The smallest absolute Gasteiger partial charge is 0.335 e. The summed E-state index contributed by atoms with van der Waals surface area (Å²) in [5.41, 5.74) is 6.69. The van der Waals surface area contributed by atoms with Crippen molar-refractivity contribution in [2.24, 2.45) is 0 Å². The number of rotatable bonds is 3. The Labute approximate surface area is 201 Å². The molecule has 2 aliphatic heterocycles. The van der Waals surface area contributed by atoms with Crippen LogP contribution in [0.1, 0.15) is 67.9 Å². The lowest BCUT2D eigenvalue weighted by Gasteiger charge is -2.47. The average molecular weight is 460 g/mol. The van der Waals surface area contributed by atoms with E-state index in [0.29, 0.717) is 11.6 Å². The quantitative estimate of drug-likeness (QED) is 0.494. The van der Waals surface area contributed by atoms with Crippen molar-refractivity contribution < 1.29 is 14.4 Å². The van der Waals surface area contributed by atoms with Crippen LogP contribution in [0.5, 0.6) is 0 Å². The van der Waals surface area contributed by atoms with Crippen molar-refractivity contribution in [1.82, 2.24) is 5.32 Å². The molecule has 0 bridgehead atoms. The number of nitrogens with one attached hydrogen (secondary N) is 1. The predicted octanol–water partition coefficient (Wildman–Crippen LogP) is 5.39. The van der Waals surface area contributed by atoms with E-state index in [1.807, 2.05) is 26.8 Å². The molecule has 2 heterocycles. The molecule has 4 amide bonds. The van der Waals surface area contributed by atoms with Gasteiger partial charge < -0.3 is 4.90 Å². The van der Waals surface area contributed by atoms with E-state index in [4.69, 9.17) is 0 Å². The Morgan fingerprint density at radius 1 is 1.03 bits per heavy atom. The molecule has 2 aromatic carbocycles. The van der Waals surface area contributed by atoms with Crippen LogP contribution in [-0.4, -0.2) is 29.9 Å². The van der Waals surface area contributed by atoms with Gasteiger partial charge in [0.1, 0.15) is 5.57 Å². The van der Waals surface area contributed by atoms with E-state index in [1.165, 1.54) is 11.3 Å². The predicted molar refractivity (Wildman–Crippen MR) is 136 cm³/mol. The number of carbonyl (C=O) groups is 3. The number of imide groups is 2. The highest BCUT2D eigenvalue weighted by Crippen LogP contribution is 2.44. The summed E-state index contributed by atoms with van der Waals surface area (Å²) >= 11 is 0. The molecular weight excluding hydrogens is 426 g/mol. The lowest BCUT2D eigenvalue weighted by molar-refractivity contribution is -0.122. The van der Waals surface area contributed by atoms with E-state index in [2.05, 4.69) is 50.0 Å². The van der Waals surface area contributed by atoms with E-state index in [-0.39, 0.29) is 11.1 Å². The number of benzene rings is 2. The van der Waals surface area contributed by atoms with Crippen molar-refractivity contribution in [3.8, 4) is 0 Å². The largest absolute Gasteiger partial charge is 0.366 e. The molecule has 1 N–H and O–H groups in total. The van der Waals surface area contributed by atoms with E-state index in [0.717, 1.165) is 40.1 Å². The Morgan fingerprint density at radius 2 is 1.74 bits per heavy atom. The fourth-order valence-corrected chi connectivity index (χ4v) is 5.32. The number of amides is 4. The first-order valence-electron chi connectivity index (χ1n) is 11.9. The molecule has 34 heavy (non-hydrogen) atoms. The number of aryl methyl sites for hydroxylation is 3. The summed E-state index contributed by atoms with van der Waals surface area (Å²) < 4.78 is 0. The lowest BCUT2D eigenvalue weighted by Crippen LogP contribution is -2.54. The van der Waals surface area contributed by atoms with Gasteiger partial charge in [0, 0.05) is 17.8 Å². The lowest BCUT2D eigenvalue weighted by atomic mass is 9.79. The number of barbiturate groups is 1. The summed E-state index contributed by atoms with van der Waals surface area (Å²) in [7, 11) is 0. The van der Waals surface area contributed by atoms with Crippen molar-refractivity contribution >= 4 is 35.3 Å². The zero-order valence-corrected chi connectivity index (χ0v) is 21.1. The molecule has 6 nitrogen and oxygen atoms in total. The van der Waals surface area contributed by atoms with Crippen LogP contribution in [0.25, 0.3) is 6.08 Å². The second kappa shape index (κ2) is 8.42. The summed E-state index contributed by atoms with van der Waals surface area (Å²) in [6, 6.07) is 8.89. The second-order valence-electron chi connectivity index (χ2n) is 10.2. The molecule has 1 saturated heterocycles. The molecule has 1 fully saturated rings. The molecule has 1 atom stereocenters. The van der Waals surface area contributed by atoms with Gasteiger partial charge >= 0.3 is 6.03 Å². The van der Waals surface area contributed by atoms with E-state index in [1.54, 1.807) is 18.2 Å². The summed E-state index contributed by atoms with van der Waals surface area (Å²) in [5, 5.41) is 2.33. The van der Waals surface area contributed by atoms with Crippen molar-refractivity contribution in [3.63, 3.8) is 0 Å². The summed E-state index contributed by atoms with van der Waals surface area (Å²) in [5.74, 6) is -0.940. The normalized spacial score (nSPS) is 21.1. The average Bonchev–Trinajstić information content (AvgIpc) is 2.73. The Hall–Kier alpha value is -3.41. The summed E-state index contributed by atoms with van der Waals surface area (Å²) in [4.78, 5) is 42.1. The molecule has 0 radical (unpaired) electrons. The first-order chi connectivity index (χ1) is 15.9. The highest BCUT2D eigenvalue weighted by Gasteiger charge is 2.38. The standard InChI is InChI=1S/C28H33N3O3/c1-8-30-24-12-18(4)20(13-22(24)19(5)15-28(30,6)7)14-23-25(32)29-27(34)31(26(23)33)21-10-9-16(2)17(3)11-21/h9-14,19H,8,15H2,1-7H3,(H,29,32,34)/b23-14+/t19-/m0/s1.